The Balaban J connectivity index is 1.86. The van der Waals surface area contributed by atoms with Gasteiger partial charge in [-0.2, -0.15) is 0 Å². The highest BCUT2D eigenvalue weighted by molar-refractivity contribution is 7.92. The summed E-state index contributed by atoms with van der Waals surface area (Å²) in [4.78, 5) is 13.0. The van der Waals surface area contributed by atoms with E-state index in [1.54, 1.807) is 62.6 Å². The lowest BCUT2D eigenvalue weighted by Crippen LogP contribution is -2.41. The Labute approximate surface area is 198 Å². The first-order valence-electron chi connectivity index (χ1n) is 10.1. The van der Waals surface area contributed by atoms with Gasteiger partial charge in [0.05, 0.1) is 30.8 Å². The lowest BCUT2D eigenvalue weighted by Gasteiger charge is -2.25. The second-order valence-electron chi connectivity index (χ2n) is 7.21. The van der Waals surface area contributed by atoms with Gasteiger partial charge in [0.25, 0.3) is 10.0 Å². The standard InChI is InChI=1S/C24H25ClN2O5S/c1-17(18-12-13-22(31-2)23(14-18)32-3)26-24(28)16-27(20-9-7-8-19(25)15-20)33(29,30)21-10-5-4-6-11-21/h4-15,17H,16H2,1-3H3,(H,26,28)/t17-/m1/s1. The first-order valence-corrected chi connectivity index (χ1v) is 11.9. The summed E-state index contributed by atoms with van der Waals surface area (Å²) in [6, 6.07) is 19.2. The molecule has 3 aromatic rings. The highest BCUT2D eigenvalue weighted by atomic mass is 35.5. The van der Waals surface area contributed by atoms with Crippen LogP contribution in [-0.2, 0) is 14.8 Å². The molecular weight excluding hydrogens is 464 g/mol. The molecule has 1 atom stereocenters. The summed E-state index contributed by atoms with van der Waals surface area (Å²) >= 11 is 6.10. The maximum Gasteiger partial charge on any atom is 0.264 e. The Morgan fingerprint density at radius 2 is 1.67 bits per heavy atom. The van der Waals surface area contributed by atoms with Crippen LogP contribution in [0.3, 0.4) is 0 Å². The molecular formula is C24H25ClN2O5S. The molecule has 0 fully saturated rings. The van der Waals surface area contributed by atoms with Crippen molar-refractivity contribution in [1.82, 2.24) is 5.32 Å². The van der Waals surface area contributed by atoms with Crippen molar-refractivity contribution >= 4 is 33.2 Å². The van der Waals surface area contributed by atoms with Crippen LogP contribution in [0.25, 0.3) is 0 Å². The molecule has 0 aliphatic heterocycles. The van der Waals surface area contributed by atoms with Crippen LogP contribution in [0.15, 0.2) is 77.7 Å². The molecule has 0 saturated heterocycles. The molecule has 9 heteroatoms. The van der Waals surface area contributed by atoms with Gasteiger partial charge in [0.1, 0.15) is 6.54 Å². The van der Waals surface area contributed by atoms with E-state index in [0.717, 1.165) is 9.87 Å². The number of nitrogens with one attached hydrogen (secondary N) is 1. The number of ether oxygens (including phenoxy) is 2. The van der Waals surface area contributed by atoms with E-state index in [1.807, 2.05) is 6.07 Å². The van der Waals surface area contributed by atoms with Crippen LogP contribution in [-0.4, -0.2) is 35.1 Å². The van der Waals surface area contributed by atoms with E-state index in [2.05, 4.69) is 5.32 Å². The van der Waals surface area contributed by atoms with E-state index in [-0.39, 0.29) is 4.90 Å². The second-order valence-corrected chi connectivity index (χ2v) is 9.51. The zero-order chi connectivity index (χ0) is 24.0. The van der Waals surface area contributed by atoms with Crippen molar-refractivity contribution in [2.75, 3.05) is 25.1 Å². The van der Waals surface area contributed by atoms with Gasteiger partial charge in [0, 0.05) is 5.02 Å². The molecule has 0 aromatic heterocycles. The van der Waals surface area contributed by atoms with Gasteiger partial charge in [-0.05, 0) is 55.0 Å². The normalized spacial score (nSPS) is 12.0. The van der Waals surface area contributed by atoms with Crippen LogP contribution in [0.2, 0.25) is 5.02 Å². The average molecular weight is 489 g/mol. The molecule has 0 radical (unpaired) electrons. The summed E-state index contributed by atoms with van der Waals surface area (Å²) in [6.07, 6.45) is 0. The van der Waals surface area contributed by atoms with Crippen molar-refractivity contribution < 1.29 is 22.7 Å². The molecule has 3 rings (SSSR count). The maximum absolute atomic E-state index is 13.4. The summed E-state index contributed by atoms with van der Waals surface area (Å²) in [5.41, 5.74) is 1.07. The van der Waals surface area contributed by atoms with Crippen molar-refractivity contribution in [1.29, 1.82) is 0 Å². The van der Waals surface area contributed by atoms with Gasteiger partial charge in [-0.3, -0.25) is 9.10 Å². The molecule has 33 heavy (non-hydrogen) atoms. The molecule has 0 aliphatic rings. The summed E-state index contributed by atoms with van der Waals surface area (Å²) in [5, 5.41) is 3.21. The summed E-state index contributed by atoms with van der Waals surface area (Å²) in [7, 11) is -0.937. The highest BCUT2D eigenvalue weighted by Gasteiger charge is 2.28. The van der Waals surface area contributed by atoms with Gasteiger partial charge in [0.2, 0.25) is 5.91 Å². The fourth-order valence-corrected chi connectivity index (χ4v) is 4.91. The van der Waals surface area contributed by atoms with E-state index in [4.69, 9.17) is 21.1 Å². The number of hydrogen-bond acceptors (Lipinski definition) is 5. The van der Waals surface area contributed by atoms with Gasteiger partial charge in [-0.25, -0.2) is 8.42 Å². The monoisotopic (exact) mass is 488 g/mol. The number of carbonyl (C=O) groups excluding carboxylic acids is 1. The third-order valence-corrected chi connectivity index (χ3v) is 7.02. The van der Waals surface area contributed by atoms with E-state index in [9.17, 15) is 13.2 Å². The van der Waals surface area contributed by atoms with Crippen molar-refractivity contribution in [2.45, 2.75) is 17.9 Å². The number of amides is 1. The van der Waals surface area contributed by atoms with Crippen molar-refractivity contribution in [3.8, 4) is 11.5 Å². The first-order chi connectivity index (χ1) is 15.8. The Bertz CT molecular complexity index is 1220. The molecule has 7 nitrogen and oxygen atoms in total. The third-order valence-electron chi connectivity index (χ3n) is 5.00. The minimum Gasteiger partial charge on any atom is -0.493 e. The lowest BCUT2D eigenvalue weighted by atomic mass is 10.1. The largest absolute Gasteiger partial charge is 0.493 e. The van der Waals surface area contributed by atoms with Gasteiger partial charge in [-0.1, -0.05) is 41.9 Å². The minimum absolute atomic E-state index is 0.0747. The van der Waals surface area contributed by atoms with Crippen molar-refractivity contribution in [3.05, 3.63) is 83.4 Å². The van der Waals surface area contributed by atoms with Crippen LogP contribution in [0, 0.1) is 0 Å². The molecule has 0 bridgehead atoms. The first kappa shape index (κ1) is 24.4. The second kappa shape index (κ2) is 10.6. The Kier molecular flexibility index (Phi) is 7.84. The van der Waals surface area contributed by atoms with E-state index >= 15 is 0 Å². The smallest absolute Gasteiger partial charge is 0.264 e. The third kappa shape index (κ3) is 5.77. The van der Waals surface area contributed by atoms with Crippen LogP contribution in [0.5, 0.6) is 11.5 Å². The number of rotatable bonds is 9. The van der Waals surface area contributed by atoms with Crippen LogP contribution < -0.4 is 19.1 Å². The van der Waals surface area contributed by atoms with E-state index in [1.165, 1.54) is 25.3 Å². The predicted octanol–water partition coefficient (Wildman–Crippen LogP) is 4.43. The highest BCUT2D eigenvalue weighted by Crippen LogP contribution is 2.30. The molecule has 3 aromatic carbocycles. The lowest BCUT2D eigenvalue weighted by molar-refractivity contribution is -0.120. The molecule has 1 amide bonds. The van der Waals surface area contributed by atoms with Crippen LogP contribution in [0.1, 0.15) is 18.5 Å². The molecule has 1 N–H and O–H groups in total. The molecule has 0 aliphatic carbocycles. The molecule has 0 unspecified atom stereocenters. The van der Waals surface area contributed by atoms with Gasteiger partial charge >= 0.3 is 0 Å². The number of hydrogen-bond donors (Lipinski definition) is 1. The van der Waals surface area contributed by atoms with Gasteiger partial charge < -0.3 is 14.8 Å². The molecule has 0 spiro atoms. The van der Waals surface area contributed by atoms with E-state index < -0.39 is 28.5 Å². The number of sulfonamides is 1. The number of nitrogens with zero attached hydrogens (tertiary/aromatic N) is 1. The predicted molar refractivity (Wildman–Crippen MR) is 129 cm³/mol. The average Bonchev–Trinajstić information content (AvgIpc) is 2.82. The fraction of sp³-hybridized carbons (Fsp3) is 0.208. The number of benzene rings is 3. The Morgan fingerprint density at radius 3 is 2.30 bits per heavy atom. The maximum atomic E-state index is 13.4. The topological polar surface area (TPSA) is 84.9 Å². The Hall–Kier alpha value is -3.23. The Morgan fingerprint density at radius 1 is 0.970 bits per heavy atom. The quantitative estimate of drug-likeness (QED) is 0.481. The zero-order valence-corrected chi connectivity index (χ0v) is 20.1. The van der Waals surface area contributed by atoms with E-state index in [0.29, 0.717) is 22.2 Å². The molecule has 174 valence electrons. The van der Waals surface area contributed by atoms with Crippen molar-refractivity contribution in [3.63, 3.8) is 0 Å². The number of methoxy groups -OCH3 is 2. The number of carbonyl (C=O) groups is 1. The van der Waals surface area contributed by atoms with Crippen molar-refractivity contribution in [2.24, 2.45) is 0 Å². The van der Waals surface area contributed by atoms with Crippen LogP contribution >= 0.6 is 11.6 Å². The number of halogens is 1. The number of anilines is 1. The van der Waals surface area contributed by atoms with Crippen LogP contribution in [0.4, 0.5) is 5.69 Å². The SMILES string of the molecule is COc1ccc([C@@H](C)NC(=O)CN(c2cccc(Cl)c2)S(=O)(=O)c2ccccc2)cc1OC. The molecule has 0 saturated carbocycles. The fourth-order valence-electron chi connectivity index (χ4n) is 3.29. The summed E-state index contributed by atoms with van der Waals surface area (Å²) in [6.45, 7) is 1.38. The summed E-state index contributed by atoms with van der Waals surface area (Å²) in [5.74, 6) is 0.626. The van der Waals surface area contributed by atoms with Gasteiger partial charge in [-0.15, -0.1) is 0 Å². The molecule has 0 heterocycles. The zero-order valence-electron chi connectivity index (χ0n) is 18.5. The summed E-state index contributed by atoms with van der Waals surface area (Å²) < 4.78 is 38.3. The minimum atomic E-state index is -4.01. The van der Waals surface area contributed by atoms with Gasteiger partial charge in [0.15, 0.2) is 11.5 Å².